The van der Waals surface area contributed by atoms with E-state index in [9.17, 15) is 8.42 Å². The molecule has 0 fully saturated rings. The van der Waals surface area contributed by atoms with Crippen molar-refractivity contribution in [3.8, 4) is 0 Å². The van der Waals surface area contributed by atoms with Crippen LogP contribution in [0.4, 0.5) is 0 Å². The first-order valence-electron chi connectivity index (χ1n) is 4.77. The second-order valence-electron chi connectivity index (χ2n) is 3.21. The second kappa shape index (κ2) is 6.07. The van der Waals surface area contributed by atoms with E-state index in [1.54, 1.807) is 30.7 Å². The molecule has 0 radical (unpaired) electrons. The molecular formula is C11H13NO4S. The molecule has 0 aliphatic carbocycles. The van der Waals surface area contributed by atoms with Crippen molar-refractivity contribution < 1.29 is 17.8 Å². The average molecular weight is 255 g/mol. The topological polar surface area (TPSA) is 75.6 Å². The number of aryl methyl sites for hydroxylation is 1. The highest BCUT2D eigenvalue weighted by atomic mass is 32.2. The summed E-state index contributed by atoms with van der Waals surface area (Å²) in [6.45, 7) is 1.84. The summed E-state index contributed by atoms with van der Waals surface area (Å²) in [6.07, 6.45) is 6.93. The molecule has 2 rings (SSSR count). The Morgan fingerprint density at radius 1 is 1.18 bits per heavy atom. The molecule has 6 heteroatoms. The van der Waals surface area contributed by atoms with E-state index in [1.165, 1.54) is 12.1 Å². The van der Waals surface area contributed by atoms with Gasteiger partial charge >= 0.3 is 0 Å². The third kappa shape index (κ3) is 5.19. The van der Waals surface area contributed by atoms with Crippen molar-refractivity contribution in [2.45, 2.75) is 11.8 Å². The maximum Gasteiger partial charge on any atom is 0.294 e. The summed E-state index contributed by atoms with van der Waals surface area (Å²) in [4.78, 5) is 4.49. The maximum absolute atomic E-state index is 10.5. The van der Waals surface area contributed by atoms with Gasteiger partial charge in [-0.3, -0.25) is 4.55 Å². The summed E-state index contributed by atoms with van der Waals surface area (Å²) in [6, 6.07) is 5.99. The van der Waals surface area contributed by atoms with E-state index in [0.717, 1.165) is 5.56 Å². The molecule has 0 unspecified atom stereocenters. The first-order chi connectivity index (χ1) is 8.00. The van der Waals surface area contributed by atoms with Gasteiger partial charge in [0.2, 0.25) is 0 Å². The van der Waals surface area contributed by atoms with Crippen molar-refractivity contribution in [2.24, 2.45) is 0 Å². The second-order valence-corrected chi connectivity index (χ2v) is 4.63. The van der Waals surface area contributed by atoms with Crippen LogP contribution in [-0.4, -0.2) is 13.0 Å². The Bertz CT molecular complexity index is 491. The zero-order chi connectivity index (χ0) is 12.7. The molecule has 1 aliphatic heterocycles. The van der Waals surface area contributed by atoms with E-state index >= 15 is 0 Å². The largest absolute Gasteiger partial charge is 0.391 e. The number of nitrogens with one attached hydrogen (secondary N) is 1. The summed E-state index contributed by atoms with van der Waals surface area (Å²) in [7, 11) is -4.02. The lowest BCUT2D eigenvalue weighted by Crippen LogP contribution is -2.01. The van der Waals surface area contributed by atoms with Crippen LogP contribution in [0.3, 0.4) is 0 Å². The number of rotatable bonds is 1. The number of benzene rings is 1. The molecule has 17 heavy (non-hydrogen) atoms. The lowest BCUT2D eigenvalue weighted by Gasteiger charge is -1.97. The molecule has 1 aromatic rings. The molecule has 5 nitrogen and oxygen atoms in total. The molecule has 0 spiro atoms. The lowest BCUT2D eigenvalue weighted by atomic mass is 10.2. The summed E-state index contributed by atoms with van der Waals surface area (Å²) in [5, 5.41) is 0. The molecule has 0 bridgehead atoms. The molecule has 0 amide bonds. The molecule has 0 atom stereocenters. The zero-order valence-electron chi connectivity index (χ0n) is 9.20. The Hall–Kier alpha value is -1.79. The summed E-state index contributed by atoms with van der Waals surface area (Å²) in [5.74, 6) is 0. The minimum Gasteiger partial charge on any atom is -0.391 e. The van der Waals surface area contributed by atoms with Crippen molar-refractivity contribution in [1.29, 1.82) is 0 Å². The highest BCUT2D eigenvalue weighted by molar-refractivity contribution is 7.85. The van der Waals surface area contributed by atoms with Gasteiger partial charge < -0.3 is 4.84 Å². The fourth-order valence-corrected chi connectivity index (χ4v) is 1.45. The van der Waals surface area contributed by atoms with E-state index in [1.807, 2.05) is 13.0 Å². The van der Waals surface area contributed by atoms with Gasteiger partial charge in [0.15, 0.2) is 0 Å². The third-order valence-corrected chi connectivity index (χ3v) is 2.68. The minimum atomic E-state index is -4.02. The van der Waals surface area contributed by atoms with Crippen molar-refractivity contribution in [1.82, 2.24) is 5.48 Å². The highest BCUT2D eigenvalue weighted by Crippen LogP contribution is 2.08. The fraction of sp³-hybridized carbons (Fsp3) is 0.0909. The summed E-state index contributed by atoms with van der Waals surface area (Å²) >= 11 is 0. The Morgan fingerprint density at radius 2 is 1.82 bits per heavy atom. The van der Waals surface area contributed by atoms with E-state index in [4.69, 9.17) is 4.55 Å². The number of hydroxylamine groups is 1. The monoisotopic (exact) mass is 255 g/mol. The van der Waals surface area contributed by atoms with Crippen LogP contribution in [0, 0.1) is 6.92 Å². The standard InChI is InChI=1S/C7H8O3S.C4H5NO/c1-6-2-4-7(5-3-6)11(8,9)10;1-2-4-6-5-3-1/h2-5H,1H3,(H,8,9,10);1-5H. The van der Waals surface area contributed by atoms with Crippen LogP contribution in [-0.2, 0) is 15.0 Å². The van der Waals surface area contributed by atoms with E-state index in [0.29, 0.717) is 0 Å². The maximum atomic E-state index is 10.5. The van der Waals surface area contributed by atoms with Gasteiger partial charge in [-0.05, 0) is 31.2 Å². The molecule has 1 aromatic carbocycles. The van der Waals surface area contributed by atoms with E-state index < -0.39 is 10.1 Å². The van der Waals surface area contributed by atoms with Crippen LogP contribution in [0.1, 0.15) is 5.56 Å². The summed E-state index contributed by atoms with van der Waals surface area (Å²) < 4.78 is 29.6. The van der Waals surface area contributed by atoms with Crippen molar-refractivity contribution in [2.75, 3.05) is 0 Å². The Morgan fingerprint density at radius 3 is 2.12 bits per heavy atom. The highest BCUT2D eigenvalue weighted by Gasteiger charge is 2.06. The third-order valence-electron chi connectivity index (χ3n) is 1.81. The minimum absolute atomic E-state index is 0.0666. The van der Waals surface area contributed by atoms with Gasteiger partial charge in [-0.15, -0.1) is 0 Å². The van der Waals surface area contributed by atoms with Gasteiger partial charge in [-0.1, -0.05) is 17.7 Å². The van der Waals surface area contributed by atoms with Gasteiger partial charge in [-0.2, -0.15) is 8.42 Å². The van der Waals surface area contributed by atoms with Crippen LogP contribution >= 0.6 is 0 Å². The van der Waals surface area contributed by atoms with Gasteiger partial charge in [0.05, 0.1) is 4.90 Å². The molecule has 1 aliphatic rings. The molecule has 0 aromatic heterocycles. The smallest absolute Gasteiger partial charge is 0.294 e. The predicted octanol–water partition coefficient (Wildman–Crippen LogP) is 1.79. The molecular weight excluding hydrogens is 242 g/mol. The van der Waals surface area contributed by atoms with Gasteiger partial charge in [-0.25, -0.2) is 5.48 Å². The first-order valence-corrected chi connectivity index (χ1v) is 6.21. The zero-order valence-corrected chi connectivity index (χ0v) is 10.0. The molecule has 0 saturated carbocycles. The lowest BCUT2D eigenvalue weighted by molar-refractivity contribution is 0.172. The molecule has 1 heterocycles. The Kier molecular flexibility index (Phi) is 4.74. The Labute approximate surface area is 100 Å². The van der Waals surface area contributed by atoms with Crippen LogP contribution in [0.5, 0.6) is 0 Å². The van der Waals surface area contributed by atoms with Crippen LogP contribution in [0.25, 0.3) is 0 Å². The van der Waals surface area contributed by atoms with Gasteiger partial charge in [0.25, 0.3) is 10.1 Å². The van der Waals surface area contributed by atoms with Crippen molar-refractivity contribution >= 4 is 10.1 Å². The normalized spacial score (nSPS) is 13.1. The van der Waals surface area contributed by atoms with Gasteiger partial charge in [0, 0.05) is 6.20 Å². The molecule has 92 valence electrons. The Balaban J connectivity index is 0.000000202. The van der Waals surface area contributed by atoms with Crippen LogP contribution in [0.15, 0.2) is 53.8 Å². The number of hydrogen-bond acceptors (Lipinski definition) is 4. The number of allylic oxidation sites excluding steroid dienone is 2. The SMILES string of the molecule is C1=CNOC=C1.Cc1ccc(S(=O)(=O)O)cc1. The fourth-order valence-electron chi connectivity index (χ4n) is 0.968. The van der Waals surface area contributed by atoms with Crippen LogP contribution in [0.2, 0.25) is 0 Å². The number of hydrogen-bond donors (Lipinski definition) is 2. The van der Waals surface area contributed by atoms with Gasteiger partial charge in [0.1, 0.15) is 6.26 Å². The molecule has 2 N–H and O–H groups in total. The summed E-state index contributed by atoms with van der Waals surface area (Å²) in [5.41, 5.74) is 3.47. The quantitative estimate of drug-likeness (QED) is 0.748. The van der Waals surface area contributed by atoms with E-state index in [2.05, 4.69) is 10.3 Å². The average Bonchev–Trinajstić information content (AvgIpc) is 2.31. The van der Waals surface area contributed by atoms with Crippen molar-refractivity contribution in [3.05, 3.63) is 54.4 Å². The van der Waals surface area contributed by atoms with Crippen molar-refractivity contribution in [3.63, 3.8) is 0 Å². The van der Waals surface area contributed by atoms with E-state index in [-0.39, 0.29) is 4.90 Å². The predicted molar refractivity (Wildman–Crippen MR) is 63.5 cm³/mol. The molecule has 0 saturated heterocycles. The van der Waals surface area contributed by atoms with Crippen LogP contribution < -0.4 is 5.48 Å². The first kappa shape index (κ1) is 13.3.